The topological polar surface area (TPSA) is 110 Å². The van der Waals surface area contributed by atoms with Crippen LogP contribution in [0.4, 0.5) is 16.5 Å². The molecule has 0 aliphatic rings. The third-order valence-corrected chi connectivity index (χ3v) is 5.81. The molecule has 4 rings (SSSR count). The second kappa shape index (κ2) is 8.93. The summed E-state index contributed by atoms with van der Waals surface area (Å²) >= 11 is 2.47. The molecule has 0 saturated heterocycles. The van der Waals surface area contributed by atoms with Gasteiger partial charge in [0.05, 0.1) is 16.8 Å². The molecular formula is C21H17N5O2S2. The summed E-state index contributed by atoms with van der Waals surface area (Å²) in [6.45, 7) is 0. The fourth-order valence-corrected chi connectivity index (χ4v) is 4.23. The SMILES string of the molecule is NC(=O)c1ccsc1NC(=O)CSc1nc(Nc2ccccc2)c2ccccc2n1. The quantitative estimate of drug-likeness (QED) is 0.295. The van der Waals surface area contributed by atoms with E-state index in [0.29, 0.717) is 21.5 Å². The lowest BCUT2D eigenvalue weighted by Gasteiger charge is -2.10. The molecular weight excluding hydrogens is 418 g/mol. The molecule has 0 aliphatic heterocycles. The summed E-state index contributed by atoms with van der Waals surface area (Å²) in [6.07, 6.45) is 0. The standard InChI is InChI=1S/C21H17N5O2S2/c22-18(28)15-10-11-29-20(15)25-17(27)12-30-21-24-16-9-5-4-8-14(16)19(26-21)23-13-6-2-1-3-7-13/h1-11H,12H2,(H2,22,28)(H,25,27)(H,23,24,26). The first-order valence-corrected chi connectivity index (χ1v) is 10.9. The van der Waals surface area contributed by atoms with E-state index in [0.717, 1.165) is 16.6 Å². The number of fused-ring (bicyclic) bond motifs is 1. The van der Waals surface area contributed by atoms with Crippen LogP contribution in [0, 0.1) is 0 Å². The lowest BCUT2D eigenvalue weighted by Crippen LogP contribution is -2.18. The van der Waals surface area contributed by atoms with Crippen molar-refractivity contribution in [1.82, 2.24) is 9.97 Å². The van der Waals surface area contributed by atoms with Crippen molar-refractivity contribution in [1.29, 1.82) is 0 Å². The largest absolute Gasteiger partial charge is 0.366 e. The van der Waals surface area contributed by atoms with E-state index in [2.05, 4.69) is 20.6 Å². The van der Waals surface area contributed by atoms with Gasteiger partial charge in [0.25, 0.3) is 5.91 Å². The van der Waals surface area contributed by atoms with Gasteiger partial charge in [-0.1, -0.05) is 42.1 Å². The predicted octanol–water partition coefficient (Wildman–Crippen LogP) is 4.26. The lowest BCUT2D eigenvalue weighted by molar-refractivity contribution is -0.113. The molecule has 4 aromatic rings. The third kappa shape index (κ3) is 4.58. The maximum Gasteiger partial charge on any atom is 0.251 e. The van der Waals surface area contributed by atoms with Crippen molar-refractivity contribution in [2.45, 2.75) is 5.16 Å². The van der Waals surface area contributed by atoms with E-state index in [1.54, 1.807) is 11.4 Å². The number of carbonyl (C=O) groups excluding carboxylic acids is 2. The number of nitrogens with two attached hydrogens (primary N) is 1. The summed E-state index contributed by atoms with van der Waals surface area (Å²) in [5.41, 5.74) is 7.31. The highest BCUT2D eigenvalue weighted by Gasteiger charge is 2.14. The number of hydrogen-bond acceptors (Lipinski definition) is 7. The minimum atomic E-state index is -0.575. The smallest absolute Gasteiger partial charge is 0.251 e. The van der Waals surface area contributed by atoms with Crippen molar-refractivity contribution in [3.63, 3.8) is 0 Å². The number of anilines is 3. The van der Waals surface area contributed by atoms with Crippen LogP contribution in [0.15, 0.2) is 71.2 Å². The molecule has 0 radical (unpaired) electrons. The molecule has 2 amide bonds. The fraction of sp³-hybridized carbons (Fsp3) is 0.0476. The number of aromatic nitrogens is 2. The van der Waals surface area contributed by atoms with Crippen LogP contribution >= 0.6 is 23.1 Å². The average Bonchev–Trinajstić information content (AvgIpc) is 3.21. The molecule has 150 valence electrons. The van der Waals surface area contributed by atoms with Gasteiger partial charge >= 0.3 is 0 Å². The molecule has 0 spiro atoms. The summed E-state index contributed by atoms with van der Waals surface area (Å²) in [5.74, 6) is -0.0730. The van der Waals surface area contributed by atoms with Gasteiger partial charge in [-0.2, -0.15) is 0 Å². The molecule has 0 aliphatic carbocycles. The molecule has 2 aromatic heterocycles. The summed E-state index contributed by atoms with van der Waals surface area (Å²) in [7, 11) is 0. The van der Waals surface area contributed by atoms with E-state index < -0.39 is 5.91 Å². The first kappa shape index (κ1) is 19.9. The number of benzene rings is 2. The van der Waals surface area contributed by atoms with Crippen molar-refractivity contribution in [2.75, 3.05) is 16.4 Å². The van der Waals surface area contributed by atoms with E-state index in [4.69, 9.17) is 5.73 Å². The number of primary amides is 1. The fourth-order valence-electron chi connectivity index (χ4n) is 2.77. The number of nitrogens with zero attached hydrogens (tertiary/aromatic N) is 2. The Kier molecular flexibility index (Phi) is 5.92. The molecule has 4 N–H and O–H groups in total. The van der Waals surface area contributed by atoms with Crippen molar-refractivity contribution >= 4 is 62.3 Å². The van der Waals surface area contributed by atoms with E-state index in [1.165, 1.54) is 23.1 Å². The number of thiophene rings is 1. The van der Waals surface area contributed by atoms with Crippen LogP contribution < -0.4 is 16.4 Å². The number of amides is 2. The molecule has 0 unspecified atom stereocenters. The van der Waals surface area contributed by atoms with Crippen molar-refractivity contribution < 1.29 is 9.59 Å². The zero-order valence-electron chi connectivity index (χ0n) is 15.7. The van der Waals surface area contributed by atoms with E-state index in [9.17, 15) is 9.59 Å². The zero-order valence-corrected chi connectivity index (χ0v) is 17.3. The van der Waals surface area contributed by atoms with Crippen molar-refractivity contribution in [3.05, 3.63) is 71.6 Å². The molecule has 9 heteroatoms. The Morgan fingerprint density at radius 3 is 2.57 bits per heavy atom. The van der Waals surface area contributed by atoms with Crippen LogP contribution in [0.3, 0.4) is 0 Å². The number of para-hydroxylation sites is 2. The molecule has 0 bridgehead atoms. The Morgan fingerprint density at radius 2 is 1.77 bits per heavy atom. The van der Waals surface area contributed by atoms with Crippen LogP contribution in [-0.2, 0) is 4.79 Å². The van der Waals surface area contributed by atoms with Crippen LogP contribution in [0.2, 0.25) is 0 Å². The number of carbonyl (C=O) groups is 2. The maximum atomic E-state index is 12.3. The summed E-state index contributed by atoms with van der Waals surface area (Å²) < 4.78 is 0. The third-order valence-electron chi connectivity index (χ3n) is 4.14. The minimum Gasteiger partial charge on any atom is -0.366 e. The highest BCUT2D eigenvalue weighted by atomic mass is 32.2. The molecule has 0 atom stereocenters. The van der Waals surface area contributed by atoms with Gasteiger partial charge in [0, 0.05) is 11.1 Å². The van der Waals surface area contributed by atoms with Gasteiger partial charge in [0.1, 0.15) is 10.8 Å². The highest BCUT2D eigenvalue weighted by Crippen LogP contribution is 2.27. The van der Waals surface area contributed by atoms with E-state index in [-0.39, 0.29) is 11.7 Å². The second-order valence-electron chi connectivity index (χ2n) is 6.23. The summed E-state index contributed by atoms with van der Waals surface area (Å²) in [4.78, 5) is 32.9. The number of rotatable bonds is 7. The van der Waals surface area contributed by atoms with Gasteiger partial charge in [-0.25, -0.2) is 9.97 Å². The normalized spacial score (nSPS) is 10.7. The Balaban J connectivity index is 1.52. The van der Waals surface area contributed by atoms with Crippen molar-refractivity contribution in [3.8, 4) is 0 Å². The molecule has 0 fully saturated rings. The lowest BCUT2D eigenvalue weighted by atomic mass is 10.2. The highest BCUT2D eigenvalue weighted by molar-refractivity contribution is 7.99. The van der Waals surface area contributed by atoms with Crippen LogP contribution in [-0.4, -0.2) is 27.5 Å². The van der Waals surface area contributed by atoms with Crippen molar-refractivity contribution in [2.24, 2.45) is 5.73 Å². The van der Waals surface area contributed by atoms with Crippen LogP contribution in [0.1, 0.15) is 10.4 Å². The molecule has 0 saturated carbocycles. The minimum absolute atomic E-state index is 0.0964. The molecule has 7 nitrogen and oxygen atoms in total. The predicted molar refractivity (Wildman–Crippen MR) is 121 cm³/mol. The number of nitrogens with one attached hydrogen (secondary N) is 2. The summed E-state index contributed by atoms with van der Waals surface area (Å²) in [6, 6.07) is 19.0. The Bertz CT molecular complexity index is 1210. The van der Waals surface area contributed by atoms with Gasteiger partial charge in [0.2, 0.25) is 5.91 Å². The molecule has 30 heavy (non-hydrogen) atoms. The Labute approximate surface area is 180 Å². The van der Waals surface area contributed by atoms with E-state index in [1.807, 2.05) is 54.6 Å². The number of thioether (sulfide) groups is 1. The monoisotopic (exact) mass is 435 g/mol. The summed E-state index contributed by atoms with van der Waals surface area (Å²) in [5, 5.41) is 9.55. The van der Waals surface area contributed by atoms with Gasteiger partial charge in [-0.3, -0.25) is 9.59 Å². The maximum absolute atomic E-state index is 12.3. The first-order valence-electron chi connectivity index (χ1n) is 8.99. The van der Waals surface area contributed by atoms with Crippen LogP contribution in [0.25, 0.3) is 10.9 Å². The van der Waals surface area contributed by atoms with E-state index >= 15 is 0 Å². The zero-order chi connectivity index (χ0) is 20.9. The van der Waals surface area contributed by atoms with Crippen LogP contribution in [0.5, 0.6) is 0 Å². The molecule has 2 aromatic carbocycles. The van der Waals surface area contributed by atoms with Gasteiger partial charge in [-0.05, 0) is 35.7 Å². The van der Waals surface area contributed by atoms with Gasteiger partial charge in [0.15, 0.2) is 5.16 Å². The Morgan fingerprint density at radius 1 is 1.00 bits per heavy atom. The average molecular weight is 436 g/mol. The second-order valence-corrected chi connectivity index (χ2v) is 8.09. The van der Waals surface area contributed by atoms with Gasteiger partial charge in [-0.15, -0.1) is 11.3 Å². The molecule has 2 heterocycles. The Hall–Kier alpha value is -3.43. The number of hydrogen-bond donors (Lipinski definition) is 3. The van der Waals surface area contributed by atoms with Gasteiger partial charge < -0.3 is 16.4 Å². The first-order chi connectivity index (χ1) is 14.6.